The third kappa shape index (κ3) is 3.56. The maximum Gasteiger partial charge on any atom is 0.229 e. The Balaban J connectivity index is 2.22. The van der Waals surface area contributed by atoms with Gasteiger partial charge >= 0.3 is 0 Å². The van der Waals surface area contributed by atoms with E-state index in [1.165, 1.54) is 25.7 Å². The molecule has 0 aliphatic heterocycles. The van der Waals surface area contributed by atoms with E-state index in [0.29, 0.717) is 18.5 Å². The van der Waals surface area contributed by atoms with Crippen molar-refractivity contribution >= 4 is 5.95 Å². The summed E-state index contributed by atoms with van der Waals surface area (Å²) < 4.78 is 5.25. The van der Waals surface area contributed by atoms with Gasteiger partial charge in [0.25, 0.3) is 0 Å². The summed E-state index contributed by atoms with van der Waals surface area (Å²) in [4.78, 5) is 11.4. The third-order valence-corrected chi connectivity index (χ3v) is 3.65. The van der Waals surface area contributed by atoms with E-state index >= 15 is 0 Å². The van der Waals surface area contributed by atoms with Crippen molar-refractivity contribution in [3.63, 3.8) is 0 Å². The standard InChI is InChI=1S/C14H24N4O/c1-11-10-13(19-2)17-14(16-11)18(9-5-8-15)12-6-3-4-7-12/h10,12H,3-9,15H2,1-2H3. The van der Waals surface area contributed by atoms with Crippen LogP contribution in [0.3, 0.4) is 0 Å². The van der Waals surface area contributed by atoms with Crippen LogP contribution < -0.4 is 15.4 Å². The predicted octanol–water partition coefficient (Wildman–Crippen LogP) is 1.89. The minimum absolute atomic E-state index is 0.554. The largest absolute Gasteiger partial charge is 0.481 e. The van der Waals surface area contributed by atoms with Gasteiger partial charge in [-0.2, -0.15) is 4.98 Å². The molecule has 0 spiro atoms. The molecule has 0 unspecified atom stereocenters. The van der Waals surface area contributed by atoms with E-state index in [-0.39, 0.29) is 0 Å². The minimum Gasteiger partial charge on any atom is -0.481 e. The maximum absolute atomic E-state index is 5.65. The molecule has 2 N–H and O–H groups in total. The highest BCUT2D eigenvalue weighted by Gasteiger charge is 2.24. The van der Waals surface area contributed by atoms with Crippen LogP contribution in [0.5, 0.6) is 5.88 Å². The van der Waals surface area contributed by atoms with Crippen LogP contribution in [-0.2, 0) is 0 Å². The van der Waals surface area contributed by atoms with Gasteiger partial charge in [-0.3, -0.25) is 0 Å². The smallest absolute Gasteiger partial charge is 0.229 e. The van der Waals surface area contributed by atoms with Crippen LogP contribution in [0.2, 0.25) is 0 Å². The number of nitrogens with two attached hydrogens (primary N) is 1. The van der Waals surface area contributed by atoms with Crippen molar-refractivity contribution < 1.29 is 4.74 Å². The van der Waals surface area contributed by atoms with Crippen LogP contribution in [0.4, 0.5) is 5.95 Å². The minimum atomic E-state index is 0.554. The summed E-state index contributed by atoms with van der Waals surface area (Å²) in [5.41, 5.74) is 6.59. The van der Waals surface area contributed by atoms with Gasteiger partial charge in [-0.25, -0.2) is 4.98 Å². The van der Waals surface area contributed by atoms with Gasteiger partial charge < -0.3 is 15.4 Å². The maximum atomic E-state index is 5.65. The first kappa shape index (κ1) is 14.1. The lowest BCUT2D eigenvalue weighted by Gasteiger charge is -2.29. The average Bonchev–Trinajstić information content (AvgIpc) is 2.92. The van der Waals surface area contributed by atoms with Crippen molar-refractivity contribution in [3.05, 3.63) is 11.8 Å². The van der Waals surface area contributed by atoms with Gasteiger partial charge in [-0.15, -0.1) is 0 Å². The highest BCUT2D eigenvalue weighted by Crippen LogP contribution is 2.27. The zero-order valence-electron chi connectivity index (χ0n) is 11.9. The van der Waals surface area contributed by atoms with E-state index in [0.717, 1.165) is 24.6 Å². The van der Waals surface area contributed by atoms with Gasteiger partial charge in [0.15, 0.2) is 0 Å². The van der Waals surface area contributed by atoms with Gasteiger partial charge in [-0.05, 0) is 32.7 Å². The molecule has 2 rings (SSSR count). The fourth-order valence-corrected chi connectivity index (χ4v) is 2.68. The van der Waals surface area contributed by atoms with E-state index in [1.807, 2.05) is 13.0 Å². The molecule has 5 heteroatoms. The summed E-state index contributed by atoms with van der Waals surface area (Å²) in [6.07, 6.45) is 6.02. The first-order valence-electron chi connectivity index (χ1n) is 7.11. The molecule has 1 heterocycles. The Morgan fingerprint density at radius 1 is 1.37 bits per heavy atom. The molecule has 1 aliphatic rings. The summed E-state index contributed by atoms with van der Waals surface area (Å²) in [5, 5.41) is 0. The number of hydrogen-bond donors (Lipinski definition) is 1. The third-order valence-electron chi connectivity index (χ3n) is 3.65. The van der Waals surface area contributed by atoms with E-state index in [9.17, 15) is 0 Å². The highest BCUT2D eigenvalue weighted by molar-refractivity contribution is 5.36. The second kappa shape index (κ2) is 6.70. The number of aryl methyl sites for hydroxylation is 1. The molecule has 1 aromatic rings. The Labute approximate surface area is 115 Å². The molecule has 106 valence electrons. The fraction of sp³-hybridized carbons (Fsp3) is 0.714. The molecule has 1 saturated carbocycles. The van der Waals surface area contributed by atoms with Crippen molar-refractivity contribution in [2.75, 3.05) is 25.1 Å². The van der Waals surface area contributed by atoms with Crippen LogP contribution in [0.1, 0.15) is 37.8 Å². The molecule has 19 heavy (non-hydrogen) atoms. The second-order valence-electron chi connectivity index (χ2n) is 5.13. The zero-order chi connectivity index (χ0) is 13.7. The molecule has 1 aromatic heterocycles. The van der Waals surface area contributed by atoms with Crippen molar-refractivity contribution in [1.29, 1.82) is 0 Å². The van der Waals surface area contributed by atoms with Gasteiger partial charge in [0.05, 0.1) is 7.11 Å². The first-order chi connectivity index (χ1) is 9.24. The number of hydrogen-bond acceptors (Lipinski definition) is 5. The SMILES string of the molecule is COc1cc(C)nc(N(CCCN)C2CCCC2)n1. The lowest BCUT2D eigenvalue weighted by atomic mass is 10.2. The average molecular weight is 264 g/mol. The molecule has 0 bridgehead atoms. The van der Waals surface area contributed by atoms with Crippen molar-refractivity contribution in [2.45, 2.75) is 45.1 Å². The Kier molecular flexibility index (Phi) is 4.96. The molecule has 0 radical (unpaired) electrons. The van der Waals surface area contributed by atoms with Crippen LogP contribution >= 0.6 is 0 Å². The summed E-state index contributed by atoms with van der Waals surface area (Å²) in [5.74, 6) is 1.43. The normalized spacial score (nSPS) is 15.7. The number of ether oxygens (including phenoxy) is 1. The van der Waals surface area contributed by atoms with Crippen molar-refractivity contribution in [2.24, 2.45) is 5.73 Å². The summed E-state index contributed by atoms with van der Waals surface area (Å²) in [6.45, 7) is 3.60. The molecule has 1 aliphatic carbocycles. The Bertz CT molecular complexity index is 404. The Morgan fingerprint density at radius 2 is 2.11 bits per heavy atom. The van der Waals surface area contributed by atoms with Crippen molar-refractivity contribution in [1.82, 2.24) is 9.97 Å². The van der Waals surface area contributed by atoms with Crippen LogP contribution in [-0.4, -0.2) is 36.2 Å². The molecule has 0 amide bonds. The van der Waals surface area contributed by atoms with E-state index in [4.69, 9.17) is 10.5 Å². The number of nitrogens with zero attached hydrogens (tertiary/aromatic N) is 3. The topological polar surface area (TPSA) is 64.3 Å². The fourth-order valence-electron chi connectivity index (χ4n) is 2.68. The second-order valence-corrected chi connectivity index (χ2v) is 5.13. The molecule has 0 saturated heterocycles. The van der Waals surface area contributed by atoms with Crippen LogP contribution in [0.25, 0.3) is 0 Å². The quantitative estimate of drug-likeness (QED) is 0.850. The summed E-state index contributed by atoms with van der Waals surface area (Å²) in [7, 11) is 1.64. The van der Waals surface area contributed by atoms with E-state index < -0.39 is 0 Å². The predicted molar refractivity (Wildman–Crippen MR) is 76.6 cm³/mol. The molecule has 1 fully saturated rings. The Morgan fingerprint density at radius 3 is 2.74 bits per heavy atom. The summed E-state index contributed by atoms with van der Waals surface area (Å²) >= 11 is 0. The van der Waals surface area contributed by atoms with Gasteiger partial charge in [-0.1, -0.05) is 12.8 Å². The van der Waals surface area contributed by atoms with E-state index in [1.54, 1.807) is 7.11 Å². The molecule has 0 atom stereocenters. The molecule has 5 nitrogen and oxygen atoms in total. The summed E-state index contributed by atoms with van der Waals surface area (Å²) in [6, 6.07) is 2.41. The lowest BCUT2D eigenvalue weighted by molar-refractivity contribution is 0.395. The number of rotatable bonds is 6. The number of methoxy groups -OCH3 is 1. The number of aromatic nitrogens is 2. The highest BCUT2D eigenvalue weighted by atomic mass is 16.5. The van der Waals surface area contributed by atoms with Crippen molar-refractivity contribution in [3.8, 4) is 5.88 Å². The van der Waals surface area contributed by atoms with Crippen LogP contribution in [0.15, 0.2) is 6.07 Å². The molecule has 0 aromatic carbocycles. The number of anilines is 1. The molecular formula is C14H24N4O. The van der Waals surface area contributed by atoms with Gasteiger partial charge in [0.1, 0.15) is 0 Å². The van der Waals surface area contributed by atoms with E-state index in [2.05, 4.69) is 14.9 Å². The monoisotopic (exact) mass is 264 g/mol. The zero-order valence-corrected chi connectivity index (χ0v) is 11.9. The first-order valence-corrected chi connectivity index (χ1v) is 7.11. The Hall–Kier alpha value is -1.36. The van der Waals surface area contributed by atoms with Crippen LogP contribution in [0, 0.1) is 6.92 Å². The van der Waals surface area contributed by atoms with Gasteiger partial charge in [0, 0.05) is 24.3 Å². The molecular weight excluding hydrogens is 240 g/mol. The van der Waals surface area contributed by atoms with Gasteiger partial charge in [0.2, 0.25) is 11.8 Å². The lowest BCUT2D eigenvalue weighted by Crippen LogP contribution is -2.36.